The van der Waals surface area contributed by atoms with Crippen LogP contribution in [0.3, 0.4) is 0 Å². The second-order valence-electron chi connectivity index (χ2n) is 3.53. The first-order chi connectivity index (χ1) is 7.18. The summed E-state index contributed by atoms with van der Waals surface area (Å²) in [5.74, 6) is 0.719. The summed E-state index contributed by atoms with van der Waals surface area (Å²) in [4.78, 5) is 8.11. The van der Waals surface area contributed by atoms with Crippen molar-refractivity contribution >= 4 is 16.9 Å². The number of rotatable bonds is 3. The van der Waals surface area contributed by atoms with Crippen molar-refractivity contribution in [2.45, 2.75) is 19.9 Å². The molecule has 0 amide bonds. The van der Waals surface area contributed by atoms with Crippen LogP contribution in [0.25, 0.3) is 11.1 Å². The van der Waals surface area contributed by atoms with E-state index in [0.717, 1.165) is 16.9 Å². The van der Waals surface area contributed by atoms with E-state index in [2.05, 4.69) is 20.4 Å². The van der Waals surface area contributed by atoms with Gasteiger partial charge in [-0.3, -0.25) is 0 Å². The highest BCUT2D eigenvalue weighted by Crippen LogP contribution is 2.21. The fourth-order valence-electron chi connectivity index (χ4n) is 1.31. The zero-order chi connectivity index (χ0) is 10.8. The summed E-state index contributed by atoms with van der Waals surface area (Å²) in [7, 11) is 0. The largest absolute Gasteiger partial charge is 0.368 e. The van der Waals surface area contributed by atoms with Crippen LogP contribution in [0, 0.1) is 6.92 Å². The molecule has 0 saturated heterocycles. The smallest absolute Gasteiger partial charge is 0.263 e. The molecule has 6 nitrogen and oxygen atoms in total. The molecule has 2 aromatic rings. The average molecular weight is 207 g/mol. The maximum Gasteiger partial charge on any atom is 0.263 e. The summed E-state index contributed by atoms with van der Waals surface area (Å²) in [5, 5.41) is 7.79. The van der Waals surface area contributed by atoms with Gasteiger partial charge in [0.2, 0.25) is 0 Å². The van der Waals surface area contributed by atoms with Crippen LogP contribution < -0.4 is 11.1 Å². The van der Waals surface area contributed by atoms with Gasteiger partial charge in [-0.1, -0.05) is 5.16 Å². The molecule has 15 heavy (non-hydrogen) atoms. The lowest BCUT2D eigenvalue weighted by molar-refractivity contribution is 0.442. The lowest BCUT2D eigenvalue weighted by Gasteiger charge is -2.08. The van der Waals surface area contributed by atoms with E-state index < -0.39 is 0 Å². The number of aryl methyl sites for hydroxylation is 1. The molecule has 80 valence electrons. The van der Waals surface area contributed by atoms with Gasteiger partial charge in [-0.2, -0.15) is 4.98 Å². The minimum absolute atomic E-state index is 0.0650. The number of nitrogens with one attached hydrogen (secondary N) is 1. The fourth-order valence-corrected chi connectivity index (χ4v) is 1.31. The number of nitrogens with two attached hydrogens (primary N) is 1. The van der Waals surface area contributed by atoms with Gasteiger partial charge in [-0.15, -0.1) is 0 Å². The summed E-state index contributed by atoms with van der Waals surface area (Å²) in [5.41, 5.74) is 6.92. The molecule has 2 aromatic heterocycles. The van der Waals surface area contributed by atoms with E-state index in [9.17, 15) is 0 Å². The van der Waals surface area contributed by atoms with Crippen LogP contribution in [0.5, 0.6) is 0 Å². The van der Waals surface area contributed by atoms with E-state index in [-0.39, 0.29) is 6.04 Å². The van der Waals surface area contributed by atoms with Gasteiger partial charge in [-0.25, -0.2) is 4.98 Å². The first-order valence-corrected chi connectivity index (χ1v) is 4.75. The molecule has 0 spiro atoms. The van der Waals surface area contributed by atoms with E-state index >= 15 is 0 Å². The van der Waals surface area contributed by atoms with Crippen molar-refractivity contribution in [2.24, 2.45) is 5.73 Å². The van der Waals surface area contributed by atoms with E-state index in [1.165, 1.54) is 6.33 Å². The molecule has 0 aromatic carbocycles. The third-order valence-electron chi connectivity index (χ3n) is 2.03. The topological polar surface area (TPSA) is 89.9 Å². The molecule has 0 aliphatic rings. The van der Waals surface area contributed by atoms with Crippen molar-refractivity contribution in [1.82, 2.24) is 15.1 Å². The first kappa shape index (κ1) is 9.85. The second-order valence-corrected chi connectivity index (χ2v) is 3.53. The standard InChI is InChI=1S/C9H13N5O/c1-5(10)3-11-8-7-6(2)14-15-9(7)13-4-12-8/h4-5H,3,10H2,1-2H3,(H,11,12,13). The molecule has 0 radical (unpaired) electrons. The Balaban J connectivity index is 2.37. The van der Waals surface area contributed by atoms with E-state index in [4.69, 9.17) is 10.3 Å². The lowest BCUT2D eigenvalue weighted by Crippen LogP contribution is -2.25. The van der Waals surface area contributed by atoms with Crippen molar-refractivity contribution in [2.75, 3.05) is 11.9 Å². The highest BCUT2D eigenvalue weighted by molar-refractivity contribution is 5.87. The Morgan fingerprint density at radius 3 is 3.07 bits per heavy atom. The van der Waals surface area contributed by atoms with Gasteiger partial charge < -0.3 is 15.6 Å². The molecule has 2 heterocycles. The van der Waals surface area contributed by atoms with Crippen LogP contribution in [-0.4, -0.2) is 27.7 Å². The molecule has 0 aliphatic heterocycles. The van der Waals surface area contributed by atoms with Gasteiger partial charge in [0.15, 0.2) is 0 Å². The molecular weight excluding hydrogens is 194 g/mol. The van der Waals surface area contributed by atoms with E-state index in [1.54, 1.807) is 0 Å². The summed E-state index contributed by atoms with van der Waals surface area (Å²) < 4.78 is 5.02. The molecule has 6 heteroatoms. The molecular formula is C9H13N5O. The highest BCUT2D eigenvalue weighted by Gasteiger charge is 2.11. The third-order valence-corrected chi connectivity index (χ3v) is 2.03. The Bertz CT molecular complexity index is 464. The normalized spacial score (nSPS) is 13.0. The number of hydrogen-bond donors (Lipinski definition) is 2. The average Bonchev–Trinajstić information content (AvgIpc) is 2.58. The Hall–Kier alpha value is -1.69. The van der Waals surface area contributed by atoms with Crippen LogP contribution in [0.1, 0.15) is 12.6 Å². The molecule has 0 saturated carbocycles. The SMILES string of the molecule is Cc1noc2ncnc(NCC(C)N)c12. The van der Waals surface area contributed by atoms with Crippen LogP contribution in [0.4, 0.5) is 5.82 Å². The zero-order valence-corrected chi connectivity index (χ0v) is 8.69. The molecule has 0 aliphatic carbocycles. The highest BCUT2D eigenvalue weighted by atomic mass is 16.5. The molecule has 3 N–H and O–H groups in total. The van der Waals surface area contributed by atoms with Gasteiger partial charge >= 0.3 is 0 Å². The van der Waals surface area contributed by atoms with Crippen LogP contribution in [0.2, 0.25) is 0 Å². The summed E-state index contributed by atoms with van der Waals surface area (Å²) in [6.07, 6.45) is 1.44. The van der Waals surface area contributed by atoms with Crippen molar-refractivity contribution < 1.29 is 4.52 Å². The maximum absolute atomic E-state index is 5.65. The maximum atomic E-state index is 5.65. The molecule has 0 bridgehead atoms. The Labute approximate surface area is 86.9 Å². The van der Waals surface area contributed by atoms with Gasteiger partial charge in [-0.05, 0) is 13.8 Å². The fraction of sp³-hybridized carbons (Fsp3) is 0.444. The Kier molecular flexibility index (Phi) is 2.51. The van der Waals surface area contributed by atoms with Crippen molar-refractivity contribution in [3.8, 4) is 0 Å². The van der Waals surface area contributed by atoms with Crippen LogP contribution >= 0.6 is 0 Å². The van der Waals surface area contributed by atoms with Crippen molar-refractivity contribution in [3.63, 3.8) is 0 Å². The van der Waals surface area contributed by atoms with Gasteiger partial charge in [0.1, 0.15) is 17.5 Å². The number of aromatic nitrogens is 3. The number of fused-ring (bicyclic) bond motifs is 1. The Morgan fingerprint density at radius 2 is 2.33 bits per heavy atom. The molecule has 2 rings (SSSR count). The van der Waals surface area contributed by atoms with Crippen molar-refractivity contribution in [3.05, 3.63) is 12.0 Å². The summed E-state index contributed by atoms with van der Waals surface area (Å²) >= 11 is 0. The van der Waals surface area contributed by atoms with Gasteiger partial charge in [0.05, 0.1) is 5.69 Å². The van der Waals surface area contributed by atoms with Gasteiger partial charge in [0.25, 0.3) is 5.71 Å². The number of nitrogens with zero attached hydrogens (tertiary/aromatic N) is 3. The second kappa shape index (κ2) is 3.82. The Morgan fingerprint density at radius 1 is 1.53 bits per heavy atom. The minimum atomic E-state index is 0.0650. The lowest BCUT2D eigenvalue weighted by atomic mass is 10.3. The quantitative estimate of drug-likeness (QED) is 0.769. The monoisotopic (exact) mass is 207 g/mol. The van der Waals surface area contributed by atoms with E-state index in [0.29, 0.717) is 12.3 Å². The predicted molar refractivity (Wildman–Crippen MR) is 56.5 cm³/mol. The number of hydrogen-bond acceptors (Lipinski definition) is 6. The minimum Gasteiger partial charge on any atom is -0.368 e. The summed E-state index contributed by atoms with van der Waals surface area (Å²) in [6, 6.07) is 0.0650. The molecule has 0 fully saturated rings. The third kappa shape index (κ3) is 1.89. The van der Waals surface area contributed by atoms with E-state index in [1.807, 2.05) is 13.8 Å². The van der Waals surface area contributed by atoms with Crippen molar-refractivity contribution in [1.29, 1.82) is 0 Å². The number of anilines is 1. The first-order valence-electron chi connectivity index (χ1n) is 4.75. The van der Waals surface area contributed by atoms with Crippen LogP contribution in [0.15, 0.2) is 10.9 Å². The zero-order valence-electron chi connectivity index (χ0n) is 8.69. The van der Waals surface area contributed by atoms with Gasteiger partial charge in [0, 0.05) is 12.6 Å². The molecule has 1 atom stereocenters. The predicted octanol–water partition coefficient (Wildman–Crippen LogP) is 0.685. The molecule has 1 unspecified atom stereocenters. The van der Waals surface area contributed by atoms with Crippen LogP contribution in [-0.2, 0) is 0 Å². The summed E-state index contributed by atoms with van der Waals surface area (Å²) in [6.45, 7) is 4.43.